The lowest BCUT2D eigenvalue weighted by Gasteiger charge is -2.25. The van der Waals surface area contributed by atoms with Crippen LogP contribution in [-0.4, -0.2) is 36.3 Å². The number of nitrogens with zero attached hydrogens (tertiary/aromatic N) is 1. The Labute approximate surface area is 97.9 Å². The molecule has 0 aromatic carbocycles. The number of furan rings is 1. The molecule has 7 heteroatoms. The SMILES string of the molecule is NNC(=O)c1ccc(CN2CCNC(=O)C2)o1. The van der Waals surface area contributed by atoms with E-state index in [0.717, 1.165) is 6.54 Å². The van der Waals surface area contributed by atoms with Crippen LogP contribution in [0.5, 0.6) is 0 Å². The first-order valence-corrected chi connectivity index (χ1v) is 5.28. The van der Waals surface area contributed by atoms with Gasteiger partial charge in [0.2, 0.25) is 5.91 Å². The number of hydrogen-bond donors (Lipinski definition) is 3. The van der Waals surface area contributed by atoms with E-state index in [9.17, 15) is 9.59 Å². The number of rotatable bonds is 3. The van der Waals surface area contributed by atoms with E-state index >= 15 is 0 Å². The number of hydrogen-bond acceptors (Lipinski definition) is 5. The highest BCUT2D eigenvalue weighted by Gasteiger charge is 2.18. The maximum absolute atomic E-state index is 11.2. The second-order valence-corrected chi connectivity index (χ2v) is 3.80. The van der Waals surface area contributed by atoms with E-state index in [4.69, 9.17) is 10.3 Å². The molecule has 0 unspecified atom stereocenters. The van der Waals surface area contributed by atoms with Gasteiger partial charge in [-0.05, 0) is 12.1 Å². The van der Waals surface area contributed by atoms with Crippen LogP contribution in [0.3, 0.4) is 0 Å². The molecular weight excluding hydrogens is 224 g/mol. The molecule has 1 aliphatic heterocycles. The molecule has 1 fully saturated rings. The standard InChI is InChI=1S/C10H14N4O3/c11-13-10(16)8-2-1-7(17-8)5-14-4-3-12-9(15)6-14/h1-2H,3-6,11H2,(H,12,15)(H,13,16). The van der Waals surface area contributed by atoms with E-state index in [1.54, 1.807) is 12.1 Å². The van der Waals surface area contributed by atoms with E-state index in [1.807, 2.05) is 10.3 Å². The third kappa shape index (κ3) is 2.83. The molecule has 1 aliphatic rings. The van der Waals surface area contributed by atoms with Crippen molar-refractivity contribution in [3.8, 4) is 0 Å². The van der Waals surface area contributed by atoms with E-state index in [0.29, 0.717) is 25.4 Å². The van der Waals surface area contributed by atoms with Crippen LogP contribution < -0.4 is 16.6 Å². The van der Waals surface area contributed by atoms with Gasteiger partial charge in [-0.25, -0.2) is 5.84 Å². The molecule has 1 aromatic rings. The minimum absolute atomic E-state index is 0.00253. The van der Waals surface area contributed by atoms with Crippen molar-refractivity contribution in [2.75, 3.05) is 19.6 Å². The van der Waals surface area contributed by atoms with Crippen LogP contribution in [0.15, 0.2) is 16.5 Å². The average molecular weight is 238 g/mol. The van der Waals surface area contributed by atoms with Gasteiger partial charge in [-0.1, -0.05) is 0 Å². The van der Waals surface area contributed by atoms with E-state index in [2.05, 4.69) is 5.32 Å². The monoisotopic (exact) mass is 238 g/mol. The number of piperazine rings is 1. The molecule has 1 saturated heterocycles. The Morgan fingerprint density at radius 3 is 3.12 bits per heavy atom. The summed E-state index contributed by atoms with van der Waals surface area (Å²) in [5.41, 5.74) is 1.99. The lowest BCUT2D eigenvalue weighted by molar-refractivity contribution is -0.124. The molecule has 2 heterocycles. The Morgan fingerprint density at radius 2 is 2.41 bits per heavy atom. The normalized spacial score (nSPS) is 16.6. The summed E-state index contributed by atoms with van der Waals surface area (Å²) in [5, 5.41) is 2.74. The fraction of sp³-hybridized carbons (Fsp3) is 0.400. The summed E-state index contributed by atoms with van der Waals surface area (Å²) < 4.78 is 5.31. The highest BCUT2D eigenvalue weighted by Crippen LogP contribution is 2.11. The van der Waals surface area contributed by atoms with E-state index in [1.165, 1.54) is 0 Å². The van der Waals surface area contributed by atoms with Crippen molar-refractivity contribution in [3.63, 3.8) is 0 Å². The zero-order valence-electron chi connectivity index (χ0n) is 9.23. The minimum atomic E-state index is -0.465. The Balaban J connectivity index is 1.96. The molecule has 17 heavy (non-hydrogen) atoms. The molecule has 92 valence electrons. The topological polar surface area (TPSA) is 101 Å². The summed E-state index contributed by atoms with van der Waals surface area (Å²) in [6.07, 6.45) is 0. The second-order valence-electron chi connectivity index (χ2n) is 3.80. The first-order valence-electron chi connectivity index (χ1n) is 5.28. The van der Waals surface area contributed by atoms with Crippen LogP contribution in [0.1, 0.15) is 16.3 Å². The number of nitrogens with two attached hydrogens (primary N) is 1. The second kappa shape index (κ2) is 4.98. The molecule has 2 rings (SSSR count). The number of amides is 2. The Kier molecular flexibility index (Phi) is 3.40. The van der Waals surface area contributed by atoms with Crippen molar-refractivity contribution in [1.82, 2.24) is 15.6 Å². The van der Waals surface area contributed by atoms with Crippen molar-refractivity contribution in [2.45, 2.75) is 6.54 Å². The summed E-state index contributed by atoms with van der Waals surface area (Å²) in [7, 11) is 0. The first kappa shape index (κ1) is 11.6. The molecular formula is C10H14N4O3. The zero-order chi connectivity index (χ0) is 12.3. The predicted molar refractivity (Wildman–Crippen MR) is 58.6 cm³/mol. The lowest BCUT2D eigenvalue weighted by atomic mass is 10.3. The van der Waals surface area contributed by atoms with Crippen molar-refractivity contribution in [1.29, 1.82) is 0 Å². The van der Waals surface area contributed by atoms with Gasteiger partial charge in [0.1, 0.15) is 5.76 Å². The fourth-order valence-corrected chi connectivity index (χ4v) is 1.70. The van der Waals surface area contributed by atoms with Crippen molar-refractivity contribution >= 4 is 11.8 Å². The zero-order valence-corrected chi connectivity index (χ0v) is 9.23. The van der Waals surface area contributed by atoms with Gasteiger partial charge in [-0.15, -0.1) is 0 Å². The van der Waals surface area contributed by atoms with Crippen molar-refractivity contribution < 1.29 is 14.0 Å². The number of nitrogens with one attached hydrogen (secondary N) is 2. The fourth-order valence-electron chi connectivity index (χ4n) is 1.70. The van der Waals surface area contributed by atoms with Crippen LogP contribution >= 0.6 is 0 Å². The van der Waals surface area contributed by atoms with Crippen molar-refractivity contribution in [3.05, 3.63) is 23.7 Å². The summed E-state index contributed by atoms with van der Waals surface area (Å²) in [5.74, 6) is 5.34. The Bertz CT molecular complexity index is 429. The summed E-state index contributed by atoms with van der Waals surface area (Å²) >= 11 is 0. The molecule has 1 aromatic heterocycles. The number of nitrogen functional groups attached to an aromatic ring is 1. The van der Waals surface area contributed by atoms with Gasteiger partial charge < -0.3 is 9.73 Å². The molecule has 2 amide bonds. The van der Waals surface area contributed by atoms with Gasteiger partial charge in [0.05, 0.1) is 13.1 Å². The summed E-state index contributed by atoms with van der Waals surface area (Å²) in [6.45, 7) is 2.25. The van der Waals surface area contributed by atoms with Gasteiger partial charge >= 0.3 is 5.91 Å². The highest BCUT2D eigenvalue weighted by atomic mass is 16.4. The third-order valence-electron chi connectivity index (χ3n) is 2.51. The minimum Gasteiger partial charge on any atom is -0.455 e. The quantitative estimate of drug-likeness (QED) is 0.349. The maximum Gasteiger partial charge on any atom is 0.300 e. The van der Waals surface area contributed by atoms with Gasteiger partial charge in [-0.2, -0.15) is 0 Å². The number of hydrazine groups is 1. The molecule has 0 aliphatic carbocycles. The maximum atomic E-state index is 11.2. The van der Waals surface area contributed by atoms with E-state index < -0.39 is 5.91 Å². The smallest absolute Gasteiger partial charge is 0.300 e. The van der Waals surface area contributed by atoms with Gasteiger partial charge in [-0.3, -0.25) is 19.9 Å². The van der Waals surface area contributed by atoms with Crippen LogP contribution in [0, 0.1) is 0 Å². The highest BCUT2D eigenvalue weighted by molar-refractivity contribution is 5.90. The number of carbonyl (C=O) groups is 2. The average Bonchev–Trinajstić information content (AvgIpc) is 2.76. The summed E-state index contributed by atoms with van der Waals surface area (Å²) in [4.78, 5) is 24.3. The Hall–Kier alpha value is -1.86. The van der Waals surface area contributed by atoms with Gasteiger partial charge in [0.25, 0.3) is 0 Å². The van der Waals surface area contributed by atoms with Crippen LogP contribution in [0.4, 0.5) is 0 Å². The molecule has 4 N–H and O–H groups in total. The molecule has 0 radical (unpaired) electrons. The molecule has 0 bridgehead atoms. The molecule has 0 saturated carbocycles. The van der Waals surface area contributed by atoms with Crippen LogP contribution in [0.2, 0.25) is 0 Å². The van der Waals surface area contributed by atoms with Crippen LogP contribution in [0.25, 0.3) is 0 Å². The molecule has 7 nitrogen and oxygen atoms in total. The van der Waals surface area contributed by atoms with Crippen molar-refractivity contribution in [2.24, 2.45) is 5.84 Å². The largest absolute Gasteiger partial charge is 0.455 e. The molecule has 0 atom stereocenters. The predicted octanol–water partition coefficient (Wildman–Crippen LogP) is -1.19. The first-order chi connectivity index (χ1) is 8.19. The number of carbonyl (C=O) groups excluding carboxylic acids is 2. The Morgan fingerprint density at radius 1 is 1.59 bits per heavy atom. The molecule has 0 spiro atoms. The van der Waals surface area contributed by atoms with Gasteiger partial charge in [0, 0.05) is 13.1 Å². The van der Waals surface area contributed by atoms with E-state index in [-0.39, 0.29) is 11.7 Å². The summed E-state index contributed by atoms with van der Waals surface area (Å²) in [6, 6.07) is 3.26. The third-order valence-corrected chi connectivity index (χ3v) is 2.51. The van der Waals surface area contributed by atoms with Crippen LogP contribution in [-0.2, 0) is 11.3 Å². The lowest BCUT2D eigenvalue weighted by Crippen LogP contribution is -2.47. The van der Waals surface area contributed by atoms with Gasteiger partial charge in [0.15, 0.2) is 5.76 Å².